The number of halogens is 3. The van der Waals surface area contributed by atoms with Crippen LogP contribution in [-0.2, 0) is 10.0 Å². The van der Waals surface area contributed by atoms with Crippen molar-refractivity contribution in [2.75, 3.05) is 11.8 Å². The fourth-order valence-corrected chi connectivity index (χ4v) is 5.04. The monoisotopic (exact) mass is 557 g/mol. The van der Waals surface area contributed by atoms with Crippen molar-refractivity contribution in [3.63, 3.8) is 0 Å². The Kier molecular flexibility index (Phi) is 6.52. The molecule has 9 nitrogen and oxygen atoms in total. The van der Waals surface area contributed by atoms with E-state index in [2.05, 4.69) is 19.1 Å². The third-order valence-corrected chi connectivity index (χ3v) is 7.03. The number of nitrogens with one attached hydrogen (secondary N) is 1. The summed E-state index contributed by atoms with van der Waals surface area (Å²) in [6, 6.07) is 18.6. The van der Waals surface area contributed by atoms with Gasteiger partial charge in [0.15, 0.2) is 5.82 Å². The van der Waals surface area contributed by atoms with E-state index in [0.717, 1.165) is 0 Å². The largest absolute Gasteiger partial charge is 0.573 e. The van der Waals surface area contributed by atoms with Crippen LogP contribution in [0.1, 0.15) is 0 Å². The molecule has 3 aromatic carbocycles. The van der Waals surface area contributed by atoms with Gasteiger partial charge < -0.3 is 14.0 Å². The third kappa shape index (κ3) is 5.43. The lowest BCUT2D eigenvalue weighted by Gasteiger charge is -2.16. The Hall–Kier alpha value is -4.78. The van der Waals surface area contributed by atoms with Crippen LogP contribution in [-0.4, -0.2) is 31.6 Å². The minimum absolute atomic E-state index is 0.0143. The van der Waals surface area contributed by atoms with Crippen LogP contribution in [0.4, 0.5) is 19.0 Å². The maximum Gasteiger partial charge on any atom is 0.573 e. The molecule has 0 aliphatic carbocycles. The Morgan fingerprint density at radius 2 is 1.74 bits per heavy atom. The number of anilines is 1. The van der Waals surface area contributed by atoms with Crippen LogP contribution in [0.5, 0.6) is 11.5 Å². The van der Waals surface area contributed by atoms with Gasteiger partial charge in [0.05, 0.1) is 23.2 Å². The zero-order chi connectivity index (χ0) is 27.8. The van der Waals surface area contributed by atoms with Crippen molar-refractivity contribution in [3.8, 4) is 28.3 Å². The van der Waals surface area contributed by atoms with Crippen LogP contribution in [0.25, 0.3) is 27.7 Å². The number of fused-ring (bicyclic) bond motifs is 1. The molecule has 0 aliphatic rings. The lowest BCUT2D eigenvalue weighted by atomic mass is 10.0. The first-order chi connectivity index (χ1) is 18.5. The number of hydrogen-bond acceptors (Lipinski definition) is 7. The summed E-state index contributed by atoms with van der Waals surface area (Å²) in [6.45, 7) is 0. The molecule has 1 N–H and O–H groups in total. The minimum Gasteiger partial charge on any atom is -0.495 e. The second-order valence-corrected chi connectivity index (χ2v) is 9.86. The Morgan fingerprint density at radius 1 is 0.949 bits per heavy atom. The maximum atomic E-state index is 13.0. The maximum absolute atomic E-state index is 13.0. The summed E-state index contributed by atoms with van der Waals surface area (Å²) in [4.78, 5) is 12.9. The van der Waals surface area contributed by atoms with Gasteiger partial charge in [0, 0.05) is 17.5 Å². The van der Waals surface area contributed by atoms with Crippen LogP contribution >= 0.6 is 0 Å². The third-order valence-electron chi connectivity index (χ3n) is 5.67. The van der Waals surface area contributed by atoms with E-state index in [-0.39, 0.29) is 22.2 Å². The molecule has 0 saturated carbocycles. The molecule has 2 heterocycles. The highest BCUT2D eigenvalue weighted by atomic mass is 32.2. The van der Waals surface area contributed by atoms with Crippen LogP contribution < -0.4 is 19.8 Å². The van der Waals surface area contributed by atoms with Gasteiger partial charge in [-0.05, 0) is 59.7 Å². The number of pyridine rings is 1. The fraction of sp³-hybridized carbons (Fsp3) is 0.0769. The summed E-state index contributed by atoms with van der Waals surface area (Å²) in [5, 5.41) is 3.99. The normalized spacial score (nSPS) is 11.9. The van der Waals surface area contributed by atoms with Crippen molar-refractivity contribution in [2.24, 2.45) is 0 Å². The van der Waals surface area contributed by atoms with Crippen molar-refractivity contribution < 1.29 is 35.6 Å². The second kappa shape index (κ2) is 9.83. The van der Waals surface area contributed by atoms with E-state index >= 15 is 0 Å². The molecular formula is C26H18F3N3O6S. The predicted octanol–water partition coefficient (Wildman–Crippen LogP) is 5.35. The van der Waals surface area contributed by atoms with Crippen LogP contribution in [0, 0.1) is 0 Å². The van der Waals surface area contributed by atoms with Crippen LogP contribution in [0.3, 0.4) is 0 Å². The molecule has 0 bridgehead atoms. The first-order valence-electron chi connectivity index (χ1n) is 11.2. The first-order valence-corrected chi connectivity index (χ1v) is 12.7. The zero-order valence-corrected chi connectivity index (χ0v) is 20.8. The Morgan fingerprint density at radius 3 is 2.46 bits per heavy atom. The number of sulfonamides is 1. The van der Waals surface area contributed by atoms with Crippen molar-refractivity contribution in [1.82, 2.24) is 9.72 Å². The van der Waals surface area contributed by atoms with Gasteiger partial charge in [-0.15, -0.1) is 13.2 Å². The lowest BCUT2D eigenvalue weighted by molar-refractivity contribution is -0.274. The summed E-state index contributed by atoms with van der Waals surface area (Å²) in [7, 11) is -2.60. The highest BCUT2D eigenvalue weighted by Gasteiger charge is 2.31. The second-order valence-electron chi connectivity index (χ2n) is 8.18. The molecular weight excluding hydrogens is 539 g/mol. The number of benzene rings is 3. The molecule has 0 amide bonds. The predicted molar refractivity (Wildman–Crippen MR) is 136 cm³/mol. The minimum atomic E-state index is -4.83. The Balaban J connectivity index is 1.56. The molecule has 0 aliphatic heterocycles. The van der Waals surface area contributed by atoms with E-state index < -0.39 is 21.9 Å². The van der Waals surface area contributed by atoms with E-state index in [0.29, 0.717) is 27.7 Å². The van der Waals surface area contributed by atoms with Crippen molar-refractivity contribution in [3.05, 3.63) is 95.5 Å². The molecule has 5 rings (SSSR count). The molecule has 2 aromatic heterocycles. The van der Waals surface area contributed by atoms with Gasteiger partial charge in [-0.1, -0.05) is 23.4 Å². The zero-order valence-electron chi connectivity index (χ0n) is 20.0. The SMILES string of the molecule is COc1cc(-c2cccc(OC(F)(F)F)c2)ccc1-n1c(=O)ccc2cc(S(=O)(=O)Nc3ccon3)ccc21. The number of methoxy groups -OCH3 is 1. The molecule has 5 aromatic rings. The highest BCUT2D eigenvalue weighted by molar-refractivity contribution is 7.92. The molecule has 0 fully saturated rings. The average molecular weight is 558 g/mol. The molecule has 0 atom stereocenters. The standard InChI is InChI=1S/C26H18F3N3O6S/c1-36-23-15-17(16-3-2-4-19(13-16)38-26(27,28)29)5-8-22(23)32-21-9-7-20(14-18(21)6-10-25(32)33)39(34,35)31-24-11-12-37-30-24/h2-15H,1H3,(H,30,31). The van der Waals surface area contributed by atoms with Gasteiger partial charge in [0.2, 0.25) is 0 Å². The molecule has 200 valence electrons. The van der Waals surface area contributed by atoms with E-state index in [1.165, 1.54) is 72.5 Å². The topological polar surface area (TPSA) is 113 Å². The molecule has 0 saturated heterocycles. The Labute approximate surface area is 219 Å². The van der Waals surface area contributed by atoms with Crippen molar-refractivity contribution in [2.45, 2.75) is 11.3 Å². The summed E-state index contributed by atoms with van der Waals surface area (Å²) < 4.78 is 81.4. The number of aromatic nitrogens is 2. The number of hydrogen-bond donors (Lipinski definition) is 1. The molecule has 0 radical (unpaired) electrons. The first kappa shape index (κ1) is 25.9. The average Bonchev–Trinajstić information content (AvgIpc) is 3.39. The summed E-state index contributed by atoms with van der Waals surface area (Å²) in [5.41, 5.74) is 1.28. The number of ether oxygens (including phenoxy) is 2. The smallest absolute Gasteiger partial charge is 0.495 e. The van der Waals surface area contributed by atoms with Gasteiger partial charge in [-0.3, -0.25) is 14.1 Å². The summed E-state index contributed by atoms with van der Waals surface area (Å²) in [5.74, 6) is -0.105. The van der Waals surface area contributed by atoms with E-state index in [1.807, 2.05) is 0 Å². The van der Waals surface area contributed by atoms with Gasteiger partial charge >= 0.3 is 6.36 Å². The molecule has 13 heteroatoms. The summed E-state index contributed by atoms with van der Waals surface area (Å²) >= 11 is 0. The van der Waals surface area contributed by atoms with Gasteiger partial charge in [0.1, 0.15) is 17.8 Å². The fourth-order valence-electron chi connectivity index (χ4n) is 4.02. The summed E-state index contributed by atoms with van der Waals surface area (Å²) in [6.07, 6.45) is -3.61. The van der Waals surface area contributed by atoms with Gasteiger partial charge in [0.25, 0.3) is 15.6 Å². The van der Waals surface area contributed by atoms with Crippen molar-refractivity contribution >= 4 is 26.7 Å². The lowest BCUT2D eigenvalue weighted by Crippen LogP contribution is -2.19. The van der Waals surface area contributed by atoms with E-state index in [9.17, 15) is 26.4 Å². The van der Waals surface area contributed by atoms with Crippen molar-refractivity contribution in [1.29, 1.82) is 0 Å². The van der Waals surface area contributed by atoms with Crippen LogP contribution in [0.15, 0.2) is 99.3 Å². The van der Waals surface area contributed by atoms with E-state index in [4.69, 9.17) is 4.74 Å². The van der Waals surface area contributed by atoms with Gasteiger partial charge in [-0.25, -0.2) is 8.42 Å². The molecule has 0 spiro atoms. The number of rotatable bonds is 7. The quantitative estimate of drug-likeness (QED) is 0.287. The molecule has 0 unspecified atom stereocenters. The van der Waals surface area contributed by atoms with Gasteiger partial charge in [-0.2, -0.15) is 0 Å². The van der Waals surface area contributed by atoms with Crippen LogP contribution in [0.2, 0.25) is 0 Å². The van der Waals surface area contributed by atoms with E-state index in [1.54, 1.807) is 24.3 Å². The number of nitrogens with zero attached hydrogens (tertiary/aromatic N) is 2. The highest BCUT2D eigenvalue weighted by Crippen LogP contribution is 2.33. The molecule has 39 heavy (non-hydrogen) atoms. The number of alkyl halides is 3. The Bertz CT molecular complexity index is 1830.